The second-order valence-electron chi connectivity index (χ2n) is 8.20. The van der Waals surface area contributed by atoms with Gasteiger partial charge in [-0.15, -0.1) is 0 Å². The van der Waals surface area contributed by atoms with E-state index in [1.807, 2.05) is 36.4 Å². The number of hydrogen-bond donors (Lipinski definition) is 0. The van der Waals surface area contributed by atoms with Crippen LogP contribution in [-0.4, -0.2) is 55.4 Å². The molecule has 7 nitrogen and oxygen atoms in total. The van der Waals surface area contributed by atoms with Crippen molar-refractivity contribution in [2.24, 2.45) is 0 Å². The predicted octanol–water partition coefficient (Wildman–Crippen LogP) is 4.42. The molecule has 1 aliphatic heterocycles. The summed E-state index contributed by atoms with van der Waals surface area (Å²) < 4.78 is 10.9. The van der Waals surface area contributed by atoms with E-state index in [4.69, 9.17) is 19.4 Å². The summed E-state index contributed by atoms with van der Waals surface area (Å²) in [6.45, 7) is 1.83. The quantitative estimate of drug-likeness (QED) is 0.439. The molecular formula is C26H27N5O2. The molecule has 1 fully saturated rings. The molecular weight excluding hydrogens is 414 g/mol. The van der Waals surface area contributed by atoms with E-state index in [1.165, 1.54) is 0 Å². The minimum absolute atomic E-state index is 0.308. The lowest BCUT2D eigenvalue weighted by atomic mass is 10.1. The smallest absolute Gasteiger partial charge is 0.163 e. The number of nitrogens with zero attached hydrogens (tertiary/aromatic N) is 5. The van der Waals surface area contributed by atoms with Crippen LogP contribution in [0, 0.1) is 0 Å². The zero-order valence-corrected chi connectivity index (χ0v) is 19.1. The van der Waals surface area contributed by atoms with E-state index in [2.05, 4.69) is 40.0 Å². The van der Waals surface area contributed by atoms with Crippen LogP contribution in [-0.2, 0) is 0 Å². The number of aromatic nitrogens is 3. The van der Waals surface area contributed by atoms with Crippen LogP contribution >= 0.6 is 0 Å². The van der Waals surface area contributed by atoms with E-state index in [0.29, 0.717) is 11.9 Å². The number of rotatable bonds is 6. The predicted molar refractivity (Wildman–Crippen MR) is 131 cm³/mol. The van der Waals surface area contributed by atoms with Crippen LogP contribution in [0.5, 0.6) is 11.5 Å². The SMILES string of the molecule is COc1cc(OC)cc(N2CCC(N(C)c3nc(-c4cccnc4)nc4ccccc34)C2)c1. The third-order valence-corrected chi connectivity index (χ3v) is 6.25. The zero-order chi connectivity index (χ0) is 22.8. The lowest BCUT2D eigenvalue weighted by Gasteiger charge is -2.28. The molecule has 0 bridgehead atoms. The van der Waals surface area contributed by atoms with Crippen LogP contribution in [0.3, 0.4) is 0 Å². The molecule has 2 aromatic carbocycles. The summed E-state index contributed by atoms with van der Waals surface area (Å²) in [5.74, 6) is 3.22. The normalized spacial score (nSPS) is 15.6. The molecule has 0 amide bonds. The van der Waals surface area contributed by atoms with Crippen LogP contribution in [0.25, 0.3) is 22.3 Å². The molecule has 4 aromatic rings. The monoisotopic (exact) mass is 441 g/mol. The highest BCUT2D eigenvalue weighted by Gasteiger charge is 2.28. The van der Waals surface area contributed by atoms with E-state index in [-0.39, 0.29) is 0 Å². The van der Waals surface area contributed by atoms with Crippen LogP contribution in [0.2, 0.25) is 0 Å². The van der Waals surface area contributed by atoms with Gasteiger partial charge in [0, 0.05) is 73.4 Å². The number of likely N-dealkylation sites (N-methyl/N-ethyl adjacent to an activating group) is 1. The fraction of sp³-hybridized carbons (Fsp3) is 0.269. The molecule has 1 atom stereocenters. The topological polar surface area (TPSA) is 63.6 Å². The first-order valence-electron chi connectivity index (χ1n) is 11.0. The number of fused-ring (bicyclic) bond motifs is 1. The molecule has 7 heteroatoms. The Morgan fingerprint density at radius 3 is 2.48 bits per heavy atom. The molecule has 0 saturated carbocycles. The first kappa shape index (κ1) is 21.0. The van der Waals surface area contributed by atoms with E-state index in [1.54, 1.807) is 26.6 Å². The zero-order valence-electron chi connectivity index (χ0n) is 19.1. The largest absolute Gasteiger partial charge is 0.497 e. The van der Waals surface area contributed by atoms with Crippen molar-refractivity contribution in [1.29, 1.82) is 0 Å². The Bertz CT molecular complexity index is 1240. The first-order chi connectivity index (χ1) is 16.2. The van der Waals surface area contributed by atoms with Crippen molar-refractivity contribution >= 4 is 22.4 Å². The molecule has 33 heavy (non-hydrogen) atoms. The highest BCUT2D eigenvalue weighted by molar-refractivity contribution is 5.91. The summed E-state index contributed by atoms with van der Waals surface area (Å²) in [5.41, 5.74) is 2.95. The molecule has 2 aromatic heterocycles. The highest BCUT2D eigenvalue weighted by Crippen LogP contribution is 2.33. The standard InChI is InChI=1S/C26H27N5O2/c1-30(19-10-12-31(17-19)20-13-21(32-2)15-22(14-20)33-3)26-23-8-4-5-9-24(23)28-25(29-26)18-7-6-11-27-16-18/h4-9,11,13-16,19H,10,12,17H2,1-3H3. The average Bonchev–Trinajstić information content (AvgIpc) is 3.38. The van der Waals surface area contributed by atoms with E-state index in [0.717, 1.165) is 59.0 Å². The Labute approximate surface area is 193 Å². The van der Waals surface area contributed by atoms with Crippen molar-refractivity contribution in [2.45, 2.75) is 12.5 Å². The maximum atomic E-state index is 5.46. The summed E-state index contributed by atoms with van der Waals surface area (Å²) in [5, 5.41) is 1.05. The second-order valence-corrected chi connectivity index (χ2v) is 8.20. The average molecular weight is 442 g/mol. The number of pyridine rings is 1. The summed E-state index contributed by atoms with van der Waals surface area (Å²) >= 11 is 0. The van der Waals surface area contributed by atoms with Crippen LogP contribution < -0.4 is 19.3 Å². The van der Waals surface area contributed by atoms with Gasteiger partial charge in [-0.2, -0.15) is 0 Å². The molecule has 168 valence electrons. The van der Waals surface area contributed by atoms with Crippen LogP contribution in [0.15, 0.2) is 67.0 Å². The van der Waals surface area contributed by atoms with Gasteiger partial charge in [0.15, 0.2) is 5.82 Å². The molecule has 0 N–H and O–H groups in total. The van der Waals surface area contributed by atoms with E-state index < -0.39 is 0 Å². The van der Waals surface area contributed by atoms with Crippen LogP contribution in [0.4, 0.5) is 11.5 Å². The van der Waals surface area contributed by atoms with Gasteiger partial charge < -0.3 is 19.3 Å². The number of methoxy groups -OCH3 is 2. The Morgan fingerprint density at radius 2 is 1.76 bits per heavy atom. The van der Waals surface area contributed by atoms with Gasteiger partial charge >= 0.3 is 0 Å². The Kier molecular flexibility index (Phi) is 5.69. The van der Waals surface area contributed by atoms with Gasteiger partial charge in [-0.05, 0) is 30.7 Å². The van der Waals surface area contributed by atoms with Gasteiger partial charge in [0.25, 0.3) is 0 Å². The molecule has 0 aliphatic carbocycles. The molecule has 0 spiro atoms. The van der Waals surface area contributed by atoms with Crippen molar-refractivity contribution in [3.63, 3.8) is 0 Å². The highest BCUT2D eigenvalue weighted by atomic mass is 16.5. The maximum absolute atomic E-state index is 5.46. The Balaban J connectivity index is 1.47. The molecule has 1 unspecified atom stereocenters. The van der Waals surface area contributed by atoms with Crippen molar-refractivity contribution < 1.29 is 9.47 Å². The summed E-state index contributed by atoms with van der Waals surface area (Å²) in [7, 11) is 5.49. The third kappa shape index (κ3) is 4.14. The van der Waals surface area contributed by atoms with E-state index in [9.17, 15) is 0 Å². The maximum Gasteiger partial charge on any atom is 0.163 e. The fourth-order valence-electron chi connectivity index (χ4n) is 4.39. The van der Waals surface area contributed by atoms with Crippen LogP contribution in [0.1, 0.15) is 6.42 Å². The van der Waals surface area contributed by atoms with Crippen molar-refractivity contribution in [3.05, 3.63) is 67.0 Å². The number of hydrogen-bond acceptors (Lipinski definition) is 7. The van der Waals surface area contributed by atoms with Gasteiger partial charge in [-0.1, -0.05) is 12.1 Å². The third-order valence-electron chi connectivity index (χ3n) is 6.25. The molecule has 5 rings (SSSR count). The Hall–Kier alpha value is -3.87. The lowest BCUT2D eigenvalue weighted by Crippen LogP contribution is -2.35. The number of ether oxygens (including phenoxy) is 2. The lowest BCUT2D eigenvalue weighted by molar-refractivity contribution is 0.394. The van der Waals surface area contributed by atoms with Crippen molar-refractivity contribution in [1.82, 2.24) is 15.0 Å². The van der Waals surface area contributed by atoms with E-state index >= 15 is 0 Å². The fourth-order valence-corrected chi connectivity index (χ4v) is 4.39. The van der Waals surface area contributed by atoms with Gasteiger partial charge in [-0.3, -0.25) is 4.98 Å². The minimum Gasteiger partial charge on any atom is -0.497 e. The molecule has 1 saturated heterocycles. The van der Waals surface area contributed by atoms with Gasteiger partial charge in [0.05, 0.1) is 19.7 Å². The number of benzene rings is 2. The summed E-state index contributed by atoms with van der Waals surface area (Å²) in [6, 6.07) is 18.4. The first-order valence-corrected chi connectivity index (χ1v) is 11.0. The molecule has 1 aliphatic rings. The van der Waals surface area contributed by atoms with Gasteiger partial charge in [-0.25, -0.2) is 9.97 Å². The minimum atomic E-state index is 0.308. The van der Waals surface area contributed by atoms with Crippen molar-refractivity contribution in [3.8, 4) is 22.9 Å². The summed E-state index contributed by atoms with van der Waals surface area (Å²) in [6.07, 6.45) is 4.59. The Morgan fingerprint density at radius 1 is 0.970 bits per heavy atom. The van der Waals surface area contributed by atoms with Crippen molar-refractivity contribution in [2.75, 3.05) is 44.2 Å². The van der Waals surface area contributed by atoms with Gasteiger partial charge in [0.1, 0.15) is 17.3 Å². The molecule has 0 radical (unpaired) electrons. The second kappa shape index (κ2) is 8.94. The summed E-state index contributed by atoms with van der Waals surface area (Å²) in [4.78, 5) is 18.7. The number of para-hydroxylation sites is 1. The van der Waals surface area contributed by atoms with Gasteiger partial charge in [0.2, 0.25) is 0 Å². The molecule has 3 heterocycles. The number of anilines is 2.